The lowest BCUT2D eigenvalue weighted by molar-refractivity contribution is -0.137. The number of hydrogen-bond donors (Lipinski definition) is 1. The van der Waals surface area contributed by atoms with Crippen LogP contribution in [0.5, 0.6) is 5.88 Å². The molecule has 1 aromatic carbocycles. The highest BCUT2D eigenvalue weighted by atomic mass is 19.4. The van der Waals surface area contributed by atoms with Gasteiger partial charge in [0.05, 0.1) is 5.56 Å². The zero-order valence-electron chi connectivity index (χ0n) is 9.82. The number of nitrogen functional groups attached to an aromatic ring is 1. The van der Waals surface area contributed by atoms with Crippen LogP contribution in [0, 0.1) is 0 Å². The molecular formula is C13H11F3N2O. The van der Waals surface area contributed by atoms with Crippen molar-refractivity contribution < 1.29 is 17.9 Å². The molecule has 3 nitrogen and oxygen atoms in total. The average Bonchev–Trinajstić information content (AvgIpc) is 2.37. The van der Waals surface area contributed by atoms with Crippen molar-refractivity contribution in [2.45, 2.75) is 12.8 Å². The van der Waals surface area contributed by atoms with Crippen molar-refractivity contribution in [1.82, 2.24) is 4.98 Å². The number of anilines is 1. The van der Waals surface area contributed by atoms with Crippen LogP contribution in [-0.4, -0.2) is 4.98 Å². The number of ether oxygens (including phenoxy) is 1. The van der Waals surface area contributed by atoms with Gasteiger partial charge in [-0.25, -0.2) is 4.98 Å². The number of rotatable bonds is 3. The Hall–Kier alpha value is -2.24. The van der Waals surface area contributed by atoms with Gasteiger partial charge in [0.15, 0.2) is 0 Å². The maximum absolute atomic E-state index is 12.3. The summed E-state index contributed by atoms with van der Waals surface area (Å²) < 4.78 is 42.2. The van der Waals surface area contributed by atoms with Crippen LogP contribution in [0.2, 0.25) is 0 Å². The summed E-state index contributed by atoms with van der Waals surface area (Å²) in [7, 11) is 0. The van der Waals surface area contributed by atoms with E-state index in [1.807, 2.05) is 0 Å². The average molecular weight is 268 g/mol. The highest BCUT2D eigenvalue weighted by molar-refractivity contribution is 5.39. The van der Waals surface area contributed by atoms with E-state index in [0.717, 1.165) is 17.8 Å². The summed E-state index contributed by atoms with van der Waals surface area (Å²) in [5, 5.41) is 0. The van der Waals surface area contributed by atoms with Crippen molar-refractivity contribution >= 4 is 5.69 Å². The van der Waals surface area contributed by atoms with Crippen molar-refractivity contribution in [3.8, 4) is 5.88 Å². The van der Waals surface area contributed by atoms with E-state index in [2.05, 4.69) is 4.98 Å². The van der Waals surface area contributed by atoms with Crippen molar-refractivity contribution in [1.29, 1.82) is 0 Å². The molecule has 0 saturated carbocycles. The smallest absolute Gasteiger partial charge is 0.417 e. The molecule has 100 valence electrons. The molecule has 1 heterocycles. The van der Waals surface area contributed by atoms with E-state index in [1.165, 1.54) is 6.07 Å². The van der Waals surface area contributed by atoms with Gasteiger partial charge in [0.1, 0.15) is 6.61 Å². The van der Waals surface area contributed by atoms with Crippen LogP contribution in [0.25, 0.3) is 0 Å². The van der Waals surface area contributed by atoms with E-state index in [0.29, 0.717) is 5.69 Å². The summed E-state index contributed by atoms with van der Waals surface area (Å²) in [6.07, 6.45) is -3.64. The molecule has 2 rings (SSSR count). The molecule has 0 radical (unpaired) electrons. The molecule has 0 amide bonds. The zero-order valence-corrected chi connectivity index (χ0v) is 9.82. The normalized spacial score (nSPS) is 11.3. The molecular weight excluding hydrogens is 257 g/mol. The van der Waals surface area contributed by atoms with E-state index >= 15 is 0 Å². The van der Waals surface area contributed by atoms with Gasteiger partial charge >= 0.3 is 6.18 Å². The largest absolute Gasteiger partial charge is 0.473 e. The molecule has 6 heteroatoms. The lowest BCUT2D eigenvalue weighted by Crippen LogP contribution is -2.05. The number of hydrogen-bond acceptors (Lipinski definition) is 3. The minimum atomic E-state index is -4.39. The predicted octanol–water partition coefficient (Wildman–Crippen LogP) is 3.26. The third-order valence-electron chi connectivity index (χ3n) is 2.43. The number of aromatic nitrogens is 1. The lowest BCUT2D eigenvalue weighted by atomic mass is 10.2. The fourth-order valence-electron chi connectivity index (χ4n) is 1.40. The van der Waals surface area contributed by atoms with Crippen molar-refractivity contribution in [2.24, 2.45) is 0 Å². The summed E-state index contributed by atoms with van der Waals surface area (Å²) in [6, 6.07) is 9.13. The van der Waals surface area contributed by atoms with Gasteiger partial charge in [-0.1, -0.05) is 12.1 Å². The maximum atomic E-state index is 12.3. The second-order valence-electron chi connectivity index (χ2n) is 3.91. The molecule has 0 aliphatic heterocycles. The second kappa shape index (κ2) is 5.17. The Morgan fingerprint density at radius 1 is 1.05 bits per heavy atom. The molecule has 0 unspecified atom stereocenters. The molecule has 2 N–H and O–H groups in total. The minimum absolute atomic E-state index is 0.143. The number of halogens is 3. The molecule has 0 bridgehead atoms. The van der Waals surface area contributed by atoms with Gasteiger partial charge < -0.3 is 10.5 Å². The summed E-state index contributed by atoms with van der Waals surface area (Å²) in [6.45, 7) is 0.221. The van der Waals surface area contributed by atoms with Crippen molar-refractivity contribution in [2.75, 3.05) is 5.73 Å². The number of nitrogens with two attached hydrogens (primary N) is 1. The van der Waals surface area contributed by atoms with Crippen LogP contribution < -0.4 is 10.5 Å². The first-order valence-corrected chi connectivity index (χ1v) is 5.45. The Bertz CT molecular complexity index is 535. The Morgan fingerprint density at radius 2 is 1.74 bits per heavy atom. The first-order valence-electron chi connectivity index (χ1n) is 5.45. The third-order valence-corrected chi connectivity index (χ3v) is 2.43. The molecule has 19 heavy (non-hydrogen) atoms. The molecule has 1 aromatic heterocycles. The Morgan fingerprint density at radius 3 is 2.26 bits per heavy atom. The molecule has 2 aromatic rings. The van der Waals surface area contributed by atoms with E-state index in [9.17, 15) is 13.2 Å². The van der Waals surface area contributed by atoms with Gasteiger partial charge in [0.2, 0.25) is 5.88 Å². The molecule has 0 aliphatic carbocycles. The summed E-state index contributed by atoms with van der Waals surface area (Å²) in [5.41, 5.74) is 6.23. The van der Waals surface area contributed by atoms with Crippen LogP contribution in [0.15, 0.2) is 42.6 Å². The predicted molar refractivity (Wildman–Crippen MR) is 64.4 cm³/mol. The summed E-state index contributed by atoms with van der Waals surface area (Å²) in [4.78, 5) is 3.61. The molecule has 0 fully saturated rings. The minimum Gasteiger partial charge on any atom is -0.473 e. The zero-order chi connectivity index (χ0) is 13.9. The van der Waals surface area contributed by atoms with Gasteiger partial charge in [-0.2, -0.15) is 13.2 Å². The first kappa shape index (κ1) is 13.2. The van der Waals surface area contributed by atoms with E-state index < -0.39 is 11.7 Å². The topological polar surface area (TPSA) is 48.1 Å². The Balaban J connectivity index is 1.98. The maximum Gasteiger partial charge on any atom is 0.417 e. The van der Waals surface area contributed by atoms with Gasteiger partial charge in [-0.15, -0.1) is 0 Å². The Kier molecular flexibility index (Phi) is 3.59. The van der Waals surface area contributed by atoms with E-state index in [-0.39, 0.29) is 12.5 Å². The molecule has 0 atom stereocenters. The number of nitrogens with zero attached hydrogens (tertiary/aromatic N) is 1. The van der Waals surface area contributed by atoms with Crippen LogP contribution in [0.3, 0.4) is 0 Å². The number of alkyl halides is 3. The Labute approximate surface area is 107 Å². The van der Waals surface area contributed by atoms with Gasteiger partial charge in [-0.3, -0.25) is 0 Å². The van der Waals surface area contributed by atoms with Gasteiger partial charge in [0, 0.05) is 18.0 Å². The van der Waals surface area contributed by atoms with Crippen molar-refractivity contribution in [3.05, 3.63) is 53.7 Å². The van der Waals surface area contributed by atoms with Gasteiger partial charge in [0.25, 0.3) is 0 Å². The lowest BCUT2D eigenvalue weighted by Gasteiger charge is -2.08. The second-order valence-corrected chi connectivity index (χ2v) is 3.91. The fourth-order valence-corrected chi connectivity index (χ4v) is 1.40. The summed E-state index contributed by atoms with van der Waals surface area (Å²) in [5.74, 6) is 0.143. The monoisotopic (exact) mass is 268 g/mol. The van der Waals surface area contributed by atoms with Crippen molar-refractivity contribution in [3.63, 3.8) is 0 Å². The third kappa shape index (κ3) is 3.61. The van der Waals surface area contributed by atoms with Crippen LogP contribution in [0.1, 0.15) is 11.1 Å². The fraction of sp³-hybridized carbons (Fsp3) is 0.154. The van der Waals surface area contributed by atoms with Crippen LogP contribution in [0.4, 0.5) is 18.9 Å². The molecule has 0 saturated heterocycles. The van der Waals surface area contributed by atoms with Crippen LogP contribution in [-0.2, 0) is 12.8 Å². The summed E-state index contributed by atoms with van der Waals surface area (Å²) >= 11 is 0. The highest BCUT2D eigenvalue weighted by Crippen LogP contribution is 2.29. The molecule has 0 spiro atoms. The van der Waals surface area contributed by atoms with Crippen LogP contribution >= 0.6 is 0 Å². The van der Waals surface area contributed by atoms with E-state index in [1.54, 1.807) is 24.3 Å². The number of pyridine rings is 1. The standard InChI is InChI=1S/C13H11F3N2O/c14-13(15,16)10-3-6-12(18-7-10)19-8-9-1-4-11(17)5-2-9/h1-7H,8,17H2. The first-order chi connectivity index (χ1) is 8.95. The number of benzene rings is 1. The quantitative estimate of drug-likeness (QED) is 0.869. The SMILES string of the molecule is Nc1ccc(COc2ccc(C(F)(F)F)cn2)cc1. The molecule has 0 aliphatic rings. The van der Waals surface area contributed by atoms with E-state index in [4.69, 9.17) is 10.5 Å². The highest BCUT2D eigenvalue weighted by Gasteiger charge is 2.30. The van der Waals surface area contributed by atoms with Gasteiger partial charge in [-0.05, 0) is 23.8 Å².